The average Bonchev–Trinajstić information content (AvgIpc) is 3.11. The van der Waals surface area contributed by atoms with Crippen LogP contribution in [0.1, 0.15) is 77.0 Å². The molecule has 0 spiro atoms. The van der Waals surface area contributed by atoms with Crippen LogP contribution >= 0.6 is 0 Å². The van der Waals surface area contributed by atoms with E-state index in [9.17, 15) is 19.2 Å². The quantitative estimate of drug-likeness (QED) is 0.307. The Morgan fingerprint density at radius 1 is 0.500 bits per heavy atom. The van der Waals surface area contributed by atoms with E-state index in [2.05, 4.69) is 21.3 Å². The summed E-state index contributed by atoms with van der Waals surface area (Å²) in [6.07, 6.45) is 10.4. The summed E-state index contributed by atoms with van der Waals surface area (Å²) >= 11 is 0. The van der Waals surface area contributed by atoms with Gasteiger partial charge in [-0.05, 0) is 115 Å². The zero-order chi connectivity index (χ0) is 33.6. The fourth-order valence-corrected chi connectivity index (χ4v) is 7.62. The van der Waals surface area contributed by atoms with Crippen LogP contribution in [0.2, 0.25) is 0 Å². The summed E-state index contributed by atoms with van der Waals surface area (Å²) < 4.78 is 11.8. The van der Waals surface area contributed by atoms with Gasteiger partial charge in [0, 0.05) is 65.4 Å². The molecular weight excluding hydrogens is 616 g/mol. The van der Waals surface area contributed by atoms with Crippen molar-refractivity contribution in [2.45, 2.75) is 89.3 Å². The maximum absolute atomic E-state index is 12.9. The Morgan fingerprint density at radius 2 is 0.833 bits per heavy atom. The summed E-state index contributed by atoms with van der Waals surface area (Å²) in [5, 5.41) is 12.9. The number of piperazine rings is 2. The van der Waals surface area contributed by atoms with Crippen LogP contribution in [-0.2, 0) is 9.47 Å². The van der Waals surface area contributed by atoms with Crippen LogP contribution in [-0.4, -0.2) is 148 Å². The van der Waals surface area contributed by atoms with E-state index in [1.165, 1.54) is 25.7 Å². The lowest BCUT2D eigenvalue weighted by Gasteiger charge is -2.36. The van der Waals surface area contributed by atoms with Gasteiger partial charge in [0.25, 0.3) is 0 Å². The number of rotatable bonds is 8. The predicted octanol–water partition coefficient (Wildman–Crippen LogP) is 2.78. The standard InChI is InChI=1S/C34H60N8O6/c43-31(37-17-11-27-7-13-35-14-8-27)39-19-23-41(24-20-39)33(45)47-29-3-1-4-30(6-2-5-29)48-34(46)42-25-21-40(22-26-42)32(44)38-18-12-28-9-15-36-16-10-28/h27-30,35-36H,1-26H2,(H,37,43)(H,38,44). The molecule has 0 radical (unpaired) electrons. The Hall–Kier alpha value is -3.00. The zero-order valence-electron chi connectivity index (χ0n) is 28.9. The molecule has 0 aromatic rings. The van der Waals surface area contributed by atoms with Crippen molar-refractivity contribution in [2.24, 2.45) is 11.8 Å². The molecule has 4 heterocycles. The zero-order valence-corrected chi connectivity index (χ0v) is 28.9. The number of hydrogen-bond donors (Lipinski definition) is 4. The molecule has 272 valence electrons. The molecule has 4 N–H and O–H groups in total. The summed E-state index contributed by atoms with van der Waals surface area (Å²) in [5.74, 6) is 1.36. The van der Waals surface area contributed by atoms with Crippen LogP contribution in [0.4, 0.5) is 19.2 Å². The van der Waals surface area contributed by atoms with Crippen molar-refractivity contribution in [3.05, 3.63) is 0 Å². The van der Waals surface area contributed by atoms with Crippen LogP contribution in [0.15, 0.2) is 0 Å². The minimum absolute atomic E-state index is 0.0458. The second-order valence-corrected chi connectivity index (χ2v) is 14.2. The van der Waals surface area contributed by atoms with E-state index in [1.54, 1.807) is 19.6 Å². The molecule has 0 unspecified atom stereocenters. The summed E-state index contributed by atoms with van der Waals surface area (Å²) in [4.78, 5) is 58.1. The molecule has 14 nitrogen and oxygen atoms in total. The van der Waals surface area contributed by atoms with Gasteiger partial charge in [0.15, 0.2) is 0 Å². The van der Waals surface area contributed by atoms with Gasteiger partial charge < -0.3 is 50.3 Å². The normalized spacial score (nSPS) is 25.1. The molecule has 0 bridgehead atoms. The molecule has 5 aliphatic rings. The highest BCUT2D eigenvalue weighted by Crippen LogP contribution is 2.24. The highest BCUT2D eigenvalue weighted by molar-refractivity contribution is 5.75. The number of carbonyl (C=O) groups is 4. The topological polar surface area (TPSA) is 148 Å². The summed E-state index contributed by atoms with van der Waals surface area (Å²) in [7, 11) is 0. The Labute approximate surface area is 286 Å². The van der Waals surface area contributed by atoms with Crippen LogP contribution in [0, 0.1) is 11.8 Å². The van der Waals surface area contributed by atoms with E-state index >= 15 is 0 Å². The number of ether oxygens (including phenoxy) is 2. The van der Waals surface area contributed by atoms with Crippen LogP contribution in [0.5, 0.6) is 0 Å². The second-order valence-electron chi connectivity index (χ2n) is 14.2. The average molecular weight is 677 g/mol. The monoisotopic (exact) mass is 676 g/mol. The minimum atomic E-state index is -0.302. The first-order valence-electron chi connectivity index (χ1n) is 18.8. The van der Waals surface area contributed by atoms with Gasteiger partial charge in [-0.15, -0.1) is 0 Å². The van der Waals surface area contributed by atoms with Gasteiger partial charge in [0.1, 0.15) is 12.2 Å². The number of nitrogens with one attached hydrogen (secondary N) is 4. The number of urea groups is 2. The van der Waals surface area contributed by atoms with E-state index in [4.69, 9.17) is 9.47 Å². The molecular formula is C34H60N8O6. The number of amides is 6. The highest BCUT2D eigenvalue weighted by Gasteiger charge is 2.30. The van der Waals surface area contributed by atoms with E-state index in [0.717, 1.165) is 77.5 Å². The fourth-order valence-electron chi connectivity index (χ4n) is 7.62. The van der Waals surface area contributed by atoms with Crippen molar-refractivity contribution in [1.82, 2.24) is 40.9 Å². The molecule has 14 heteroatoms. The maximum Gasteiger partial charge on any atom is 0.410 e. The van der Waals surface area contributed by atoms with Crippen LogP contribution < -0.4 is 21.3 Å². The van der Waals surface area contributed by atoms with Crippen molar-refractivity contribution in [3.8, 4) is 0 Å². The van der Waals surface area contributed by atoms with Crippen molar-refractivity contribution in [3.63, 3.8) is 0 Å². The van der Waals surface area contributed by atoms with Gasteiger partial charge >= 0.3 is 24.2 Å². The SMILES string of the molecule is O=C(NCCC1CCNCC1)N1CCN(C(=O)OC2CCCC(OC(=O)N3CCN(C(=O)NCCC4CCNCC4)CC3)CCC2)CC1. The molecule has 6 amide bonds. The third-order valence-electron chi connectivity index (χ3n) is 10.9. The van der Waals surface area contributed by atoms with Crippen molar-refractivity contribution in [1.29, 1.82) is 0 Å². The molecule has 4 aliphatic heterocycles. The summed E-state index contributed by atoms with van der Waals surface area (Å²) in [5.41, 5.74) is 0. The molecule has 5 fully saturated rings. The molecule has 5 rings (SSSR count). The van der Waals surface area contributed by atoms with Crippen molar-refractivity contribution in [2.75, 3.05) is 91.6 Å². The van der Waals surface area contributed by atoms with E-state index < -0.39 is 0 Å². The molecule has 4 saturated heterocycles. The van der Waals surface area contributed by atoms with Gasteiger partial charge in [0.05, 0.1) is 0 Å². The number of carbonyl (C=O) groups excluding carboxylic acids is 4. The lowest BCUT2D eigenvalue weighted by molar-refractivity contribution is 0.0196. The third kappa shape index (κ3) is 11.6. The Morgan fingerprint density at radius 3 is 1.19 bits per heavy atom. The molecule has 1 saturated carbocycles. The Balaban J connectivity index is 0.909. The van der Waals surface area contributed by atoms with Crippen molar-refractivity contribution >= 4 is 24.2 Å². The minimum Gasteiger partial charge on any atom is -0.446 e. The first-order valence-corrected chi connectivity index (χ1v) is 18.8. The maximum atomic E-state index is 12.9. The fraction of sp³-hybridized carbons (Fsp3) is 0.882. The smallest absolute Gasteiger partial charge is 0.410 e. The van der Waals surface area contributed by atoms with Gasteiger partial charge in [-0.2, -0.15) is 0 Å². The highest BCUT2D eigenvalue weighted by atomic mass is 16.6. The summed E-state index contributed by atoms with van der Waals surface area (Å²) in [6, 6.07) is -0.0916. The van der Waals surface area contributed by atoms with Gasteiger partial charge in [-0.25, -0.2) is 19.2 Å². The van der Waals surface area contributed by atoms with Gasteiger partial charge in [0.2, 0.25) is 0 Å². The van der Waals surface area contributed by atoms with E-state index in [0.29, 0.717) is 77.3 Å². The largest absolute Gasteiger partial charge is 0.446 e. The number of hydrogen-bond acceptors (Lipinski definition) is 8. The molecule has 0 aromatic heterocycles. The van der Waals surface area contributed by atoms with Crippen LogP contribution in [0.25, 0.3) is 0 Å². The Bertz CT molecular complexity index is 935. The van der Waals surface area contributed by atoms with E-state index in [1.807, 2.05) is 0 Å². The predicted molar refractivity (Wildman–Crippen MR) is 182 cm³/mol. The van der Waals surface area contributed by atoms with E-state index in [-0.39, 0.29) is 36.5 Å². The lowest BCUT2D eigenvalue weighted by Crippen LogP contribution is -2.53. The second kappa shape index (κ2) is 19.3. The molecule has 0 atom stereocenters. The summed E-state index contributed by atoms with van der Waals surface area (Å²) in [6.45, 7) is 9.58. The third-order valence-corrected chi connectivity index (χ3v) is 10.9. The molecule has 0 aromatic carbocycles. The van der Waals surface area contributed by atoms with Crippen molar-refractivity contribution < 1.29 is 28.7 Å². The van der Waals surface area contributed by atoms with Gasteiger partial charge in [-0.1, -0.05) is 0 Å². The number of nitrogens with zero attached hydrogens (tertiary/aromatic N) is 4. The molecule has 1 aliphatic carbocycles. The first kappa shape index (κ1) is 36.3. The van der Waals surface area contributed by atoms with Crippen LogP contribution in [0.3, 0.4) is 0 Å². The first-order chi connectivity index (χ1) is 23.4. The Kier molecular flexibility index (Phi) is 14.6. The number of piperidine rings is 2. The van der Waals surface area contributed by atoms with Gasteiger partial charge in [-0.3, -0.25) is 0 Å². The lowest BCUT2D eigenvalue weighted by atomic mass is 9.95. The molecule has 48 heavy (non-hydrogen) atoms.